The van der Waals surface area contributed by atoms with Gasteiger partial charge in [0.2, 0.25) is 6.79 Å². The van der Waals surface area contributed by atoms with Gasteiger partial charge in [-0.25, -0.2) is 4.98 Å². The van der Waals surface area contributed by atoms with E-state index in [9.17, 15) is 18.0 Å². The molecular formula is C25H26F3N3O3S. The molecule has 1 N–H and O–H groups in total. The van der Waals surface area contributed by atoms with E-state index in [-0.39, 0.29) is 19.2 Å². The zero-order valence-corrected chi connectivity index (χ0v) is 20.4. The number of nitrogens with zero attached hydrogens (tertiary/aromatic N) is 2. The molecule has 1 aromatic heterocycles. The normalized spacial score (nSPS) is 13.3. The molecule has 4 rings (SSSR count). The minimum Gasteiger partial charge on any atom is -0.454 e. The summed E-state index contributed by atoms with van der Waals surface area (Å²) in [5.41, 5.74) is 0.692. The molecule has 6 nitrogen and oxygen atoms in total. The van der Waals surface area contributed by atoms with Gasteiger partial charge >= 0.3 is 6.18 Å². The Kier molecular flexibility index (Phi) is 7.05. The van der Waals surface area contributed by atoms with Crippen molar-refractivity contribution in [3.63, 3.8) is 0 Å². The number of aromatic nitrogens is 1. The Balaban J connectivity index is 1.55. The molecule has 0 aliphatic carbocycles. The van der Waals surface area contributed by atoms with Crippen LogP contribution in [-0.2, 0) is 25.8 Å². The van der Waals surface area contributed by atoms with Crippen molar-refractivity contribution in [3.8, 4) is 11.5 Å². The third-order valence-corrected chi connectivity index (χ3v) is 5.97. The van der Waals surface area contributed by atoms with Gasteiger partial charge in [-0.15, -0.1) is 11.3 Å². The van der Waals surface area contributed by atoms with E-state index < -0.39 is 17.3 Å². The third-order valence-electron chi connectivity index (χ3n) is 5.14. The molecule has 0 atom stereocenters. The van der Waals surface area contributed by atoms with Crippen LogP contribution in [0.25, 0.3) is 0 Å². The highest BCUT2D eigenvalue weighted by atomic mass is 32.1. The molecule has 0 saturated heterocycles. The number of rotatable bonds is 7. The van der Waals surface area contributed by atoms with E-state index in [0.717, 1.165) is 17.7 Å². The summed E-state index contributed by atoms with van der Waals surface area (Å²) in [5.74, 6) is 1.03. The lowest BCUT2D eigenvalue weighted by Crippen LogP contribution is -2.40. The van der Waals surface area contributed by atoms with Gasteiger partial charge in [-0.3, -0.25) is 9.69 Å². The summed E-state index contributed by atoms with van der Waals surface area (Å²) in [6, 6.07) is 10.9. The lowest BCUT2D eigenvalue weighted by atomic mass is 10.1. The first-order valence-corrected chi connectivity index (χ1v) is 11.9. The summed E-state index contributed by atoms with van der Waals surface area (Å²) in [5, 5.41) is 5.27. The second-order valence-corrected chi connectivity index (χ2v) is 10.3. The molecule has 3 aromatic rings. The van der Waals surface area contributed by atoms with Crippen molar-refractivity contribution in [1.29, 1.82) is 0 Å². The lowest BCUT2D eigenvalue weighted by Gasteiger charge is -2.22. The lowest BCUT2D eigenvalue weighted by molar-refractivity contribution is -0.137. The van der Waals surface area contributed by atoms with Gasteiger partial charge in [0, 0.05) is 24.0 Å². The molecule has 0 spiro atoms. The number of ether oxygens (including phenoxy) is 2. The van der Waals surface area contributed by atoms with Gasteiger partial charge in [-0.05, 0) is 50.1 Å². The predicted octanol–water partition coefficient (Wildman–Crippen LogP) is 5.62. The molecule has 2 heterocycles. The summed E-state index contributed by atoms with van der Waals surface area (Å²) in [4.78, 5) is 18.9. The highest BCUT2D eigenvalue weighted by Gasteiger charge is 2.30. The van der Waals surface area contributed by atoms with Crippen LogP contribution in [0.5, 0.6) is 11.5 Å². The Bertz CT molecular complexity index is 1200. The van der Waals surface area contributed by atoms with Gasteiger partial charge in [0.15, 0.2) is 11.5 Å². The van der Waals surface area contributed by atoms with Crippen LogP contribution < -0.4 is 14.8 Å². The molecule has 2 aromatic carbocycles. The van der Waals surface area contributed by atoms with Crippen LogP contribution in [0.4, 0.5) is 13.2 Å². The molecule has 0 saturated carbocycles. The van der Waals surface area contributed by atoms with Crippen molar-refractivity contribution in [2.24, 2.45) is 0 Å². The van der Waals surface area contributed by atoms with E-state index in [0.29, 0.717) is 40.9 Å². The van der Waals surface area contributed by atoms with E-state index in [1.807, 2.05) is 43.9 Å². The molecule has 35 heavy (non-hydrogen) atoms. The number of hydrogen-bond donors (Lipinski definition) is 1. The molecule has 0 bridgehead atoms. The fourth-order valence-electron chi connectivity index (χ4n) is 3.65. The topological polar surface area (TPSA) is 63.7 Å². The summed E-state index contributed by atoms with van der Waals surface area (Å²) in [7, 11) is 0. The summed E-state index contributed by atoms with van der Waals surface area (Å²) in [6.45, 7) is 6.89. The number of benzene rings is 2. The standard InChI is InChI=1S/C25H26F3N3O3S/c1-24(2,3)30-23(32)19-14-35-22(29-19)13-31(11-16-5-4-6-18(9-16)25(26,27)28)12-17-7-8-20-21(10-17)34-15-33-20/h4-10,14H,11-13,15H2,1-3H3,(H,30,32). The maximum absolute atomic E-state index is 13.2. The van der Waals surface area contributed by atoms with Crippen LogP contribution in [0.1, 0.15) is 53.0 Å². The first-order valence-electron chi connectivity index (χ1n) is 11.0. The van der Waals surface area contributed by atoms with Gasteiger partial charge in [-0.1, -0.05) is 24.3 Å². The first kappa shape index (κ1) is 25.0. The van der Waals surface area contributed by atoms with Crippen molar-refractivity contribution < 1.29 is 27.4 Å². The summed E-state index contributed by atoms with van der Waals surface area (Å²) < 4.78 is 50.5. The number of carbonyl (C=O) groups excluding carboxylic acids is 1. The molecule has 0 unspecified atom stereocenters. The van der Waals surface area contributed by atoms with Crippen molar-refractivity contribution in [1.82, 2.24) is 15.2 Å². The SMILES string of the molecule is CC(C)(C)NC(=O)c1csc(CN(Cc2cccc(C(F)(F)F)c2)Cc2ccc3c(c2)OCO3)n1. The van der Waals surface area contributed by atoms with Gasteiger partial charge in [0.05, 0.1) is 12.1 Å². The molecule has 186 valence electrons. The van der Waals surface area contributed by atoms with Crippen LogP contribution in [0.3, 0.4) is 0 Å². The second-order valence-electron chi connectivity index (χ2n) is 9.36. The van der Waals surface area contributed by atoms with Crippen LogP contribution in [-0.4, -0.2) is 28.1 Å². The van der Waals surface area contributed by atoms with Gasteiger partial charge in [-0.2, -0.15) is 13.2 Å². The van der Waals surface area contributed by atoms with E-state index in [1.165, 1.54) is 17.4 Å². The highest BCUT2D eigenvalue weighted by Crippen LogP contribution is 2.33. The average molecular weight is 506 g/mol. The third kappa shape index (κ3) is 6.73. The number of fused-ring (bicyclic) bond motifs is 1. The number of thiazole rings is 1. The van der Waals surface area contributed by atoms with Crippen molar-refractivity contribution in [2.75, 3.05) is 6.79 Å². The summed E-state index contributed by atoms with van der Waals surface area (Å²) >= 11 is 1.34. The molecule has 0 radical (unpaired) electrons. The molecule has 10 heteroatoms. The number of halogens is 3. The molecule has 0 fully saturated rings. The van der Waals surface area contributed by atoms with E-state index >= 15 is 0 Å². The van der Waals surface area contributed by atoms with Crippen LogP contribution >= 0.6 is 11.3 Å². The maximum atomic E-state index is 13.2. The Labute approximate surface area is 205 Å². The van der Waals surface area contributed by atoms with E-state index in [4.69, 9.17) is 9.47 Å². The Morgan fingerprint density at radius 2 is 1.74 bits per heavy atom. The second kappa shape index (κ2) is 9.87. The molecular weight excluding hydrogens is 479 g/mol. The fraction of sp³-hybridized carbons (Fsp3) is 0.360. The Morgan fingerprint density at radius 3 is 2.46 bits per heavy atom. The van der Waals surface area contributed by atoms with Crippen LogP contribution in [0, 0.1) is 0 Å². The predicted molar refractivity (Wildman–Crippen MR) is 126 cm³/mol. The first-order chi connectivity index (χ1) is 16.5. The van der Waals surface area contributed by atoms with Gasteiger partial charge < -0.3 is 14.8 Å². The van der Waals surface area contributed by atoms with E-state index in [1.54, 1.807) is 11.4 Å². The number of amides is 1. The molecule has 1 amide bonds. The van der Waals surface area contributed by atoms with Crippen LogP contribution in [0.15, 0.2) is 47.8 Å². The minimum atomic E-state index is -4.41. The number of alkyl halides is 3. The zero-order chi connectivity index (χ0) is 25.2. The van der Waals surface area contributed by atoms with Gasteiger partial charge in [0.1, 0.15) is 10.7 Å². The summed E-state index contributed by atoms with van der Waals surface area (Å²) in [6.07, 6.45) is -4.41. The highest BCUT2D eigenvalue weighted by molar-refractivity contribution is 7.09. The molecule has 1 aliphatic rings. The Morgan fingerprint density at radius 1 is 1.03 bits per heavy atom. The largest absolute Gasteiger partial charge is 0.454 e. The average Bonchev–Trinajstić information content (AvgIpc) is 3.41. The van der Waals surface area contributed by atoms with Crippen molar-refractivity contribution in [3.05, 3.63) is 75.2 Å². The van der Waals surface area contributed by atoms with Crippen molar-refractivity contribution >= 4 is 17.2 Å². The number of carbonyl (C=O) groups is 1. The molecule has 1 aliphatic heterocycles. The van der Waals surface area contributed by atoms with Crippen LogP contribution in [0.2, 0.25) is 0 Å². The smallest absolute Gasteiger partial charge is 0.416 e. The zero-order valence-electron chi connectivity index (χ0n) is 19.6. The minimum absolute atomic E-state index is 0.158. The van der Waals surface area contributed by atoms with E-state index in [2.05, 4.69) is 10.3 Å². The number of hydrogen-bond acceptors (Lipinski definition) is 6. The quantitative estimate of drug-likeness (QED) is 0.452. The fourth-order valence-corrected chi connectivity index (χ4v) is 4.47. The van der Waals surface area contributed by atoms with Gasteiger partial charge in [0.25, 0.3) is 5.91 Å². The monoisotopic (exact) mass is 505 g/mol. The Hall–Kier alpha value is -3.11. The number of nitrogens with one attached hydrogen (secondary N) is 1. The van der Waals surface area contributed by atoms with Crippen molar-refractivity contribution in [2.45, 2.75) is 52.1 Å². The maximum Gasteiger partial charge on any atom is 0.416 e.